The van der Waals surface area contributed by atoms with Gasteiger partial charge in [-0.2, -0.15) is 0 Å². The molecule has 0 bridgehead atoms. The highest BCUT2D eigenvalue weighted by atomic mass is 16.4. The van der Waals surface area contributed by atoms with E-state index in [1.807, 2.05) is 48.5 Å². The highest BCUT2D eigenvalue weighted by Gasteiger charge is 2.04. The highest BCUT2D eigenvalue weighted by molar-refractivity contribution is 5.98. The monoisotopic (exact) mass is 278 g/mol. The van der Waals surface area contributed by atoms with Crippen molar-refractivity contribution in [1.29, 1.82) is 0 Å². The predicted molar refractivity (Wildman–Crippen MR) is 83.3 cm³/mol. The summed E-state index contributed by atoms with van der Waals surface area (Å²) in [5, 5.41) is 16.2. The van der Waals surface area contributed by atoms with Crippen molar-refractivity contribution >= 4 is 28.1 Å². The van der Waals surface area contributed by atoms with E-state index in [1.54, 1.807) is 13.3 Å². The third kappa shape index (κ3) is 2.67. The molecule has 0 amide bonds. The summed E-state index contributed by atoms with van der Waals surface area (Å²) in [4.78, 5) is 8.53. The molecule has 0 aliphatic rings. The molecule has 0 fully saturated rings. The van der Waals surface area contributed by atoms with Gasteiger partial charge in [0.2, 0.25) is 0 Å². The van der Waals surface area contributed by atoms with Crippen LogP contribution in [-0.4, -0.2) is 20.9 Å². The van der Waals surface area contributed by atoms with Gasteiger partial charge in [-0.15, -0.1) is 0 Å². The molecule has 0 aliphatic carbocycles. The van der Waals surface area contributed by atoms with Gasteiger partial charge in [0.05, 0.1) is 11.2 Å². The Hall–Kier alpha value is -2.95. The zero-order valence-corrected chi connectivity index (χ0v) is 11.5. The predicted octanol–water partition coefficient (Wildman–Crippen LogP) is 3.57. The molecule has 21 heavy (non-hydrogen) atoms. The molecule has 1 aromatic heterocycles. The Balaban J connectivity index is 1.92. The molecule has 5 heteroatoms. The summed E-state index contributed by atoms with van der Waals surface area (Å²) in [6.45, 7) is 1.75. The van der Waals surface area contributed by atoms with Crippen LogP contribution >= 0.6 is 0 Å². The van der Waals surface area contributed by atoms with Gasteiger partial charge in [-0.1, -0.05) is 29.4 Å². The average molecular weight is 278 g/mol. The largest absolute Gasteiger partial charge is 0.411 e. The standard InChI is InChI=1S/C16H14N4O/c1-11(20-21)12-6-8-13(9-7-12)19-16-14-4-2-3-5-15(14)17-10-18-16/h2-10,21H,1H3,(H,17,18,19)/b20-11+. The van der Waals surface area contributed by atoms with E-state index in [4.69, 9.17) is 5.21 Å². The van der Waals surface area contributed by atoms with Crippen LogP contribution in [0.3, 0.4) is 0 Å². The Kier molecular flexibility index (Phi) is 3.47. The maximum atomic E-state index is 8.77. The molecule has 3 aromatic rings. The molecule has 1 heterocycles. The summed E-state index contributed by atoms with van der Waals surface area (Å²) in [5.74, 6) is 0.765. The molecular formula is C16H14N4O. The van der Waals surface area contributed by atoms with E-state index in [9.17, 15) is 0 Å². The lowest BCUT2D eigenvalue weighted by Crippen LogP contribution is -1.98. The van der Waals surface area contributed by atoms with Crippen molar-refractivity contribution in [3.63, 3.8) is 0 Å². The van der Waals surface area contributed by atoms with Gasteiger partial charge in [-0.3, -0.25) is 0 Å². The summed E-state index contributed by atoms with van der Waals surface area (Å²) in [7, 11) is 0. The topological polar surface area (TPSA) is 70.4 Å². The number of anilines is 2. The molecule has 0 unspecified atom stereocenters. The molecule has 3 rings (SSSR count). The van der Waals surface area contributed by atoms with Crippen molar-refractivity contribution in [2.45, 2.75) is 6.92 Å². The maximum Gasteiger partial charge on any atom is 0.141 e. The Bertz CT molecular complexity index is 791. The molecule has 0 aliphatic heterocycles. The van der Waals surface area contributed by atoms with Gasteiger partial charge in [0.25, 0.3) is 0 Å². The molecule has 5 nitrogen and oxygen atoms in total. The minimum Gasteiger partial charge on any atom is -0.411 e. The normalized spacial score (nSPS) is 11.6. The van der Waals surface area contributed by atoms with Gasteiger partial charge in [0.1, 0.15) is 12.1 Å². The van der Waals surface area contributed by atoms with Crippen molar-refractivity contribution < 1.29 is 5.21 Å². The molecule has 0 radical (unpaired) electrons. The van der Waals surface area contributed by atoms with Crippen molar-refractivity contribution in [3.8, 4) is 0 Å². The van der Waals surface area contributed by atoms with Crippen LogP contribution in [0.15, 0.2) is 60.0 Å². The summed E-state index contributed by atoms with van der Waals surface area (Å²) in [6, 6.07) is 15.5. The third-order valence-electron chi connectivity index (χ3n) is 3.26. The quantitative estimate of drug-likeness (QED) is 0.436. The van der Waals surface area contributed by atoms with Crippen molar-refractivity contribution in [3.05, 3.63) is 60.4 Å². The van der Waals surface area contributed by atoms with E-state index in [0.29, 0.717) is 5.71 Å². The zero-order valence-electron chi connectivity index (χ0n) is 11.5. The van der Waals surface area contributed by atoms with Gasteiger partial charge in [-0.25, -0.2) is 9.97 Å². The second kappa shape index (κ2) is 5.58. The minimum atomic E-state index is 0.578. The number of nitrogens with zero attached hydrogens (tertiary/aromatic N) is 3. The van der Waals surface area contributed by atoms with Crippen LogP contribution in [0, 0.1) is 0 Å². The van der Waals surface area contributed by atoms with Crippen molar-refractivity contribution in [1.82, 2.24) is 9.97 Å². The zero-order chi connectivity index (χ0) is 14.7. The van der Waals surface area contributed by atoms with E-state index >= 15 is 0 Å². The number of hydrogen-bond acceptors (Lipinski definition) is 5. The number of oxime groups is 1. The molecule has 2 N–H and O–H groups in total. The molecule has 0 saturated heterocycles. The lowest BCUT2D eigenvalue weighted by atomic mass is 10.1. The number of benzene rings is 2. The second-order valence-electron chi connectivity index (χ2n) is 4.63. The van der Waals surface area contributed by atoms with Gasteiger partial charge in [0, 0.05) is 11.1 Å². The van der Waals surface area contributed by atoms with Gasteiger partial charge < -0.3 is 10.5 Å². The van der Waals surface area contributed by atoms with E-state index in [1.165, 1.54) is 0 Å². The minimum absolute atomic E-state index is 0.578. The number of fused-ring (bicyclic) bond motifs is 1. The van der Waals surface area contributed by atoms with Crippen LogP contribution in [0.1, 0.15) is 12.5 Å². The fourth-order valence-electron chi connectivity index (χ4n) is 2.09. The molecule has 2 aromatic carbocycles. The van der Waals surface area contributed by atoms with Gasteiger partial charge in [0.15, 0.2) is 0 Å². The van der Waals surface area contributed by atoms with Crippen LogP contribution in [0.25, 0.3) is 10.9 Å². The van der Waals surface area contributed by atoms with Crippen LogP contribution in [0.4, 0.5) is 11.5 Å². The first-order valence-corrected chi connectivity index (χ1v) is 6.54. The summed E-state index contributed by atoms with van der Waals surface area (Å²) in [5.41, 5.74) is 3.26. The van der Waals surface area contributed by atoms with Crippen molar-refractivity contribution in [2.24, 2.45) is 5.16 Å². The molecule has 0 atom stereocenters. The maximum absolute atomic E-state index is 8.77. The second-order valence-corrected chi connectivity index (χ2v) is 4.63. The number of hydrogen-bond donors (Lipinski definition) is 2. The molecular weight excluding hydrogens is 264 g/mol. The fraction of sp³-hybridized carbons (Fsp3) is 0.0625. The molecule has 0 spiro atoms. The fourth-order valence-corrected chi connectivity index (χ4v) is 2.09. The third-order valence-corrected chi connectivity index (χ3v) is 3.26. The average Bonchev–Trinajstić information content (AvgIpc) is 2.55. The van der Waals surface area contributed by atoms with E-state index in [-0.39, 0.29) is 0 Å². The van der Waals surface area contributed by atoms with Crippen LogP contribution in [0.5, 0.6) is 0 Å². The molecule has 104 valence electrons. The Morgan fingerprint density at radius 1 is 1.05 bits per heavy atom. The van der Waals surface area contributed by atoms with Crippen LogP contribution in [-0.2, 0) is 0 Å². The summed E-state index contributed by atoms with van der Waals surface area (Å²) in [6.07, 6.45) is 1.54. The van der Waals surface area contributed by atoms with Crippen molar-refractivity contribution in [2.75, 3.05) is 5.32 Å². The lowest BCUT2D eigenvalue weighted by Gasteiger charge is -2.08. The highest BCUT2D eigenvalue weighted by Crippen LogP contribution is 2.22. The lowest BCUT2D eigenvalue weighted by molar-refractivity contribution is 0.319. The van der Waals surface area contributed by atoms with Gasteiger partial charge >= 0.3 is 0 Å². The Morgan fingerprint density at radius 3 is 2.57 bits per heavy atom. The van der Waals surface area contributed by atoms with E-state index in [0.717, 1.165) is 28.0 Å². The Labute approximate surface area is 122 Å². The SMILES string of the molecule is C/C(=N\O)c1ccc(Nc2ncnc3ccccc23)cc1. The number of nitrogens with one attached hydrogen (secondary N) is 1. The smallest absolute Gasteiger partial charge is 0.141 e. The van der Waals surface area contributed by atoms with E-state index in [2.05, 4.69) is 20.4 Å². The summed E-state index contributed by atoms with van der Waals surface area (Å²) >= 11 is 0. The first kappa shape index (κ1) is 13.1. The van der Waals surface area contributed by atoms with Crippen LogP contribution < -0.4 is 5.32 Å². The molecule has 0 saturated carbocycles. The van der Waals surface area contributed by atoms with Crippen LogP contribution in [0.2, 0.25) is 0 Å². The number of aromatic nitrogens is 2. The Morgan fingerprint density at radius 2 is 1.81 bits per heavy atom. The van der Waals surface area contributed by atoms with Gasteiger partial charge in [-0.05, 0) is 36.8 Å². The number of para-hydroxylation sites is 1. The first-order chi connectivity index (χ1) is 10.3. The van der Waals surface area contributed by atoms with E-state index < -0.39 is 0 Å². The number of rotatable bonds is 3. The summed E-state index contributed by atoms with van der Waals surface area (Å²) < 4.78 is 0. The first-order valence-electron chi connectivity index (χ1n) is 6.54.